The Kier molecular flexibility index (Phi) is 16.2. The topological polar surface area (TPSA) is 116 Å². The summed E-state index contributed by atoms with van der Waals surface area (Å²) in [5, 5.41) is 11.7. The van der Waals surface area contributed by atoms with E-state index in [0.717, 1.165) is 24.8 Å². The molecule has 0 aliphatic carbocycles. The van der Waals surface area contributed by atoms with Gasteiger partial charge in [0.1, 0.15) is 6.04 Å². The average Bonchev–Trinajstić information content (AvgIpc) is 2.93. The van der Waals surface area contributed by atoms with E-state index in [4.69, 9.17) is 0 Å². The summed E-state index contributed by atoms with van der Waals surface area (Å²) in [5.74, 6) is -0.870. The number of hydrogen-bond donors (Lipinski definition) is 4. The van der Waals surface area contributed by atoms with Crippen molar-refractivity contribution < 1.29 is 19.2 Å². The van der Waals surface area contributed by atoms with Crippen LogP contribution in [0.1, 0.15) is 90.5 Å². The minimum Gasteiger partial charge on any atom is -0.353 e. The summed E-state index contributed by atoms with van der Waals surface area (Å²) >= 11 is 0. The zero-order valence-electron chi connectivity index (χ0n) is 25.1. The normalized spacial score (nSPS) is 20.1. The van der Waals surface area contributed by atoms with E-state index in [2.05, 4.69) is 28.2 Å². The van der Waals surface area contributed by atoms with Crippen LogP contribution in [0.4, 0.5) is 0 Å². The third-order valence-corrected chi connectivity index (χ3v) is 7.15. The van der Waals surface area contributed by atoms with Crippen molar-refractivity contribution in [1.82, 2.24) is 21.3 Å². The van der Waals surface area contributed by atoms with Crippen LogP contribution in [-0.2, 0) is 25.6 Å². The number of hydrogen-bond acceptors (Lipinski definition) is 4. The van der Waals surface area contributed by atoms with Crippen LogP contribution in [0.2, 0.25) is 0 Å². The van der Waals surface area contributed by atoms with Gasteiger partial charge in [-0.05, 0) is 30.7 Å². The first kappa shape index (κ1) is 33.8. The van der Waals surface area contributed by atoms with Crippen molar-refractivity contribution in [3.8, 4) is 0 Å². The van der Waals surface area contributed by atoms with E-state index in [1.807, 2.05) is 44.2 Å². The lowest BCUT2D eigenvalue weighted by atomic mass is 10.0. The molecule has 3 atom stereocenters. The van der Waals surface area contributed by atoms with Crippen molar-refractivity contribution in [2.24, 2.45) is 5.92 Å². The monoisotopic (exact) mass is 566 g/mol. The van der Waals surface area contributed by atoms with Gasteiger partial charge in [0.15, 0.2) is 0 Å². The van der Waals surface area contributed by atoms with E-state index in [-0.39, 0.29) is 42.0 Å². The van der Waals surface area contributed by atoms with E-state index in [0.29, 0.717) is 25.8 Å². The van der Waals surface area contributed by atoms with Crippen LogP contribution in [0, 0.1) is 5.92 Å². The van der Waals surface area contributed by atoms with Crippen LogP contribution in [0.25, 0.3) is 0 Å². The molecule has 0 saturated carbocycles. The summed E-state index contributed by atoms with van der Waals surface area (Å²) in [5.41, 5.74) is 1.03. The number of unbranched alkanes of at least 4 members (excludes halogenated alkanes) is 6. The Hall–Kier alpha value is -3.42. The average molecular weight is 567 g/mol. The molecular weight excluding hydrogens is 516 g/mol. The molecule has 0 aromatic heterocycles. The molecule has 4 amide bonds. The summed E-state index contributed by atoms with van der Waals surface area (Å²) < 4.78 is 0. The molecule has 2 rings (SSSR count). The Morgan fingerprint density at radius 3 is 2.37 bits per heavy atom. The van der Waals surface area contributed by atoms with Crippen LogP contribution in [-0.4, -0.2) is 48.3 Å². The van der Waals surface area contributed by atoms with Crippen molar-refractivity contribution in [3.05, 3.63) is 60.2 Å². The number of carbonyl (C=O) groups excluding carboxylic acids is 4. The van der Waals surface area contributed by atoms with Gasteiger partial charge in [-0.2, -0.15) is 0 Å². The smallest absolute Gasteiger partial charge is 0.247 e. The van der Waals surface area contributed by atoms with Crippen LogP contribution >= 0.6 is 0 Å². The van der Waals surface area contributed by atoms with Crippen LogP contribution < -0.4 is 21.3 Å². The number of rotatable bonds is 15. The third-order valence-electron chi connectivity index (χ3n) is 7.15. The lowest BCUT2D eigenvalue weighted by Gasteiger charge is -2.24. The van der Waals surface area contributed by atoms with E-state index in [1.165, 1.54) is 31.8 Å². The molecule has 1 heterocycles. The van der Waals surface area contributed by atoms with Crippen LogP contribution in [0.5, 0.6) is 0 Å². The molecule has 226 valence electrons. The summed E-state index contributed by atoms with van der Waals surface area (Å²) in [6.45, 7) is 6.53. The number of amides is 4. The van der Waals surface area contributed by atoms with Crippen molar-refractivity contribution in [1.29, 1.82) is 0 Å². The molecule has 41 heavy (non-hydrogen) atoms. The zero-order valence-corrected chi connectivity index (χ0v) is 25.1. The quantitative estimate of drug-likeness (QED) is 0.185. The predicted molar refractivity (Wildman–Crippen MR) is 164 cm³/mol. The second-order valence-corrected chi connectivity index (χ2v) is 11.2. The maximum absolute atomic E-state index is 13.2. The highest BCUT2D eigenvalue weighted by atomic mass is 16.2. The molecule has 1 aliphatic rings. The SMILES string of the molecule is CCCCCCCCCC(=O)N[C@H](CC(=O)N[C@H]1/C=C/CCNC(=O)/C=C/[C@H](C(C)C)NC1=O)Cc1ccccc1. The highest BCUT2D eigenvalue weighted by molar-refractivity contribution is 5.90. The Labute approximate surface area is 246 Å². The summed E-state index contributed by atoms with van der Waals surface area (Å²) in [6.07, 6.45) is 16.0. The van der Waals surface area contributed by atoms with Crippen LogP contribution in [0.3, 0.4) is 0 Å². The minimum atomic E-state index is -0.868. The molecule has 8 nitrogen and oxygen atoms in total. The van der Waals surface area contributed by atoms with Gasteiger partial charge in [0.2, 0.25) is 23.6 Å². The van der Waals surface area contributed by atoms with E-state index >= 15 is 0 Å². The molecule has 4 N–H and O–H groups in total. The second-order valence-electron chi connectivity index (χ2n) is 11.2. The molecule has 1 aromatic rings. The van der Waals surface area contributed by atoms with Crippen molar-refractivity contribution in [2.45, 2.75) is 110 Å². The molecule has 1 aromatic carbocycles. The number of carbonyl (C=O) groups is 4. The molecule has 0 bridgehead atoms. The Morgan fingerprint density at radius 2 is 1.66 bits per heavy atom. The van der Waals surface area contributed by atoms with Gasteiger partial charge in [-0.25, -0.2) is 0 Å². The molecule has 0 unspecified atom stereocenters. The summed E-state index contributed by atoms with van der Waals surface area (Å²) in [4.78, 5) is 51.1. The lowest BCUT2D eigenvalue weighted by molar-refractivity contribution is -0.129. The summed E-state index contributed by atoms with van der Waals surface area (Å²) in [7, 11) is 0. The molecular formula is C33H50N4O4. The standard InChI is InChI=1S/C33H50N4O4/c1-4-5-6-7-8-9-13-19-31(39)35-27(23-26-16-11-10-12-17-26)24-32(40)36-29-18-14-15-22-34-30(38)21-20-28(25(2)3)37-33(29)41/h10-12,14,16-18,20-21,25,27-29H,4-9,13,15,19,22-24H2,1-3H3,(H,34,38)(H,35,39)(H,36,40)(H,37,41)/b18-14+,21-20+/t27-,28+,29-/m0/s1. The van der Waals surface area contributed by atoms with E-state index < -0.39 is 12.1 Å². The van der Waals surface area contributed by atoms with Gasteiger partial charge >= 0.3 is 0 Å². The number of nitrogens with one attached hydrogen (secondary N) is 4. The molecule has 0 fully saturated rings. The predicted octanol–water partition coefficient (Wildman–Crippen LogP) is 4.50. The first-order valence-electron chi connectivity index (χ1n) is 15.3. The van der Waals surface area contributed by atoms with Crippen molar-refractivity contribution >= 4 is 23.6 Å². The molecule has 8 heteroatoms. The third kappa shape index (κ3) is 14.7. The molecule has 0 spiro atoms. The Bertz CT molecular complexity index is 1010. The van der Waals surface area contributed by atoms with E-state index in [1.54, 1.807) is 18.2 Å². The van der Waals surface area contributed by atoms with Gasteiger partial charge in [0.25, 0.3) is 0 Å². The largest absolute Gasteiger partial charge is 0.353 e. The fourth-order valence-corrected chi connectivity index (χ4v) is 4.72. The highest BCUT2D eigenvalue weighted by Crippen LogP contribution is 2.11. The van der Waals surface area contributed by atoms with Gasteiger partial charge in [-0.3, -0.25) is 19.2 Å². The second kappa shape index (κ2) is 19.6. The minimum absolute atomic E-state index is 0.0491. The van der Waals surface area contributed by atoms with Crippen molar-refractivity contribution in [2.75, 3.05) is 6.54 Å². The highest BCUT2D eigenvalue weighted by Gasteiger charge is 2.24. The lowest BCUT2D eigenvalue weighted by Crippen LogP contribution is -2.51. The Morgan fingerprint density at radius 1 is 0.951 bits per heavy atom. The zero-order chi connectivity index (χ0) is 29.9. The maximum atomic E-state index is 13.2. The molecule has 1 aliphatic heterocycles. The van der Waals surface area contributed by atoms with E-state index in [9.17, 15) is 19.2 Å². The fourth-order valence-electron chi connectivity index (χ4n) is 4.72. The van der Waals surface area contributed by atoms with Crippen molar-refractivity contribution in [3.63, 3.8) is 0 Å². The van der Waals surface area contributed by atoms with Gasteiger partial charge < -0.3 is 21.3 Å². The first-order chi connectivity index (χ1) is 19.8. The Balaban J connectivity index is 2.02. The van der Waals surface area contributed by atoms with Gasteiger partial charge in [0, 0.05) is 37.5 Å². The maximum Gasteiger partial charge on any atom is 0.247 e. The first-order valence-corrected chi connectivity index (χ1v) is 15.3. The van der Waals surface area contributed by atoms with Crippen LogP contribution in [0.15, 0.2) is 54.6 Å². The van der Waals surface area contributed by atoms with Gasteiger partial charge in [-0.15, -0.1) is 0 Å². The number of benzene rings is 1. The molecule has 0 radical (unpaired) electrons. The molecule has 0 saturated heterocycles. The fraction of sp³-hybridized carbons (Fsp3) is 0.576. The summed E-state index contributed by atoms with van der Waals surface area (Å²) in [6, 6.07) is 8.15. The van der Waals surface area contributed by atoms with Gasteiger partial charge in [-0.1, -0.05) is 108 Å². The van der Waals surface area contributed by atoms with Gasteiger partial charge in [0.05, 0.1) is 0 Å².